The van der Waals surface area contributed by atoms with E-state index in [0.29, 0.717) is 22.8 Å². The first-order valence-corrected chi connectivity index (χ1v) is 13.5. The number of ether oxygens (including phenoxy) is 1. The van der Waals surface area contributed by atoms with Crippen LogP contribution in [0.3, 0.4) is 0 Å². The first-order chi connectivity index (χ1) is 20.1. The molecule has 0 saturated carbocycles. The zero-order valence-electron chi connectivity index (χ0n) is 22.5. The van der Waals surface area contributed by atoms with Gasteiger partial charge in [0.25, 0.3) is 5.91 Å². The number of nitrogens with one attached hydrogen (secondary N) is 2. The molecule has 4 aromatic rings. The summed E-state index contributed by atoms with van der Waals surface area (Å²) < 4.78 is 46.9. The third-order valence-corrected chi connectivity index (χ3v) is 6.55. The molecule has 0 bridgehead atoms. The first-order valence-electron chi connectivity index (χ1n) is 13.1. The van der Waals surface area contributed by atoms with Crippen LogP contribution in [-0.2, 0) is 17.5 Å². The second kappa shape index (κ2) is 13.5. The Morgan fingerprint density at radius 3 is 2.50 bits per heavy atom. The number of amides is 2. The molecule has 0 saturated heterocycles. The number of carbonyl (C=O) groups excluding carboxylic acids is 2. The number of aliphatic hydroxyl groups is 1. The lowest BCUT2D eigenvalue weighted by atomic mass is 10.0. The molecule has 0 spiro atoms. The minimum absolute atomic E-state index is 0.0415. The minimum Gasteiger partial charge on any atom is -0.450 e. The minimum atomic E-state index is -4.82. The zero-order valence-corrected chi connectivity index (χ0v) is 23.2. The van der Waals surface area contributed by atoms with Crippen LogP contribution in [0.1, 0.15) is 58.7 Å². The highest BCUT2D eigenvalue weighted by molar-refractivity contribution is 6.34. The largest absolute Gasteiger partial charge is 0.450 e. The second-order valence-electron chi connectivity index (χ2n) is 9.34. The summed E-state index contributed by atoms with van der Waals surface area (Å²) in [5.74, 6) is -0.908. The third kappa shape index (κ3) is 7.68. The molecular weight excluding hydrogens is 573 g/mol. The molecule has 3 aromatic carbocycles. The number of benzene rings is 3. The summed E-state index contributed by atoms with van der Waals surface area (Å²) >= 11 is 6.29. The van der Waals surface area contributed by atoms with Crippen LogP contribution in [0.4, 0.5) is 23.7 Å². The highest BCUT2D eigenvalue weighted by Gasteiger charge is 2.36. The zero-order chi connectivity index (χ0) is 30.3. The number of aliphatic hydroxyl groups excluding tert-OH is 1. The van der Waals surface area contributed by atoms with E-state index in [9.17, 15) is 27.9 Å². The lowest BCUT2D eigenvalue weighted by Crippen LogP contribution is -2.24. The van der Waals surface area contributed by atoms with Crippen LogP contribution in [0.25, 0.3) is 5.69 Å². The summed E-state index contributed by atoms with van der Waals surface area (Å²) in [5, 5.41) is 19.7. The lowest BCUT2D eigenvalue weighted by molar-refractivity contribution is -0.141. The van der Waals surface area contributed by atoms with Gasteiger partial charge in [0.2, 0.25) is 0 Å². The fourth-order valence-corrected chi connectivity index (χ4v) is 4.20. The lowest BCUT2D eigenvalue weighted by Gasteiger charge is -2.15. The molecule has 12 heteroatoms. The molecule has 42 heavy (non-hydrogen) atoms. The van der Waals surface area contributed by atoms with Crippen molar-refractivity contribution in [3.8, 4) is 5.69 Å². The van der Waals surface area contributed by atoms with Gasteiger partial charge in [-0.2, -0.15) is 18.3 Å². The van der Waals surface area contributed by atoms with Crippen molar-refractivity contribution in [2.45, 2.75) is 38.6 Å². The molecule has 3 N–H and O–H groups in total. The van der Waals surface area contributed by atoms with Gasteiger partial charge < -0.3 is 20.5 Å². The normalized spacial score (nSPS) is 12.0. The van der Waals surface area contributed by atoms with Crippen molar-refractivity contribution < 1.29 is 32.6 Å². The second-order valence-corrected chi connectivity index (χ2v) is 9.75. The maximum atomic E-state index is 13.7. The Labute approximate surface area is 245 Å². The van der Waals surface area contributed by atoms with Gasteiger partial charge in [-0.1, -0.05) is 73.5 Å². The summed E-state index contributed by atoms with van der Waals surface area (Å²) in [7, 11) is 0. The van der Waals surface area contributed by atoms with E-state index in [0.717, 1.165) is 17.5 Å². The van der Waals surface area contributed by atoms with E-state index >= 15 is 0 Å². The predicted octanol–water partition coefficient (Wildman–Crippen LogP) is 6.90. The molecule has 4 rings (SSSR count). The molecule has 1 unspecified atom stereocenters. The fourth-order valence-electron chi connectivity index (χ4n) is 4.03. The van der Waals surface area contributed by atoms with Crippen LogP contribution < -0.4 is 10.6 Å². The Morgan fingerprint density at radius 2 is 1.79 bits per heavy atom. The number of hydrogen-bond acceptors (Lipinski definition) is 5. The number of anilines is 1. The van der Waals surface area contributed by atoms with Gasteiger partial charge in [-0.25, -0.2) is 9.48 Å². The van der Waals surface area contributed by atoms with E-state index in [1.807, 2.05) is 6.92 Å². The number of rotatable bonds is 10. The topological polar surface area (TPSA) is 105 Å². The molecule has 2 amide bonds. The van der Waals surface area contributed by atoms with Crippen LogP contribution in [-0.4, -0.2) is 33.5 Å². The summed E-state index contributed by atoms with van der Waals surface area (Å²) in [6, 6.07) is 20.2. The average Bonchev–Trinajstić information content (AvgIpc) is 3.44. The van der Waals surface area contributed by atoms with E-state index in [2.05, 4.69) is 15.7 Å². The first kappa shape index (κ1) is 30.6. The highest BCUT2D eigenvalue weighted by Crippen LogP contribution is 2.32. The monoisotopic (exact) mass is 600 g/mol. The van der Waals surface area contributed by atoms with Gasteiger partial charge >= 0.3 is 12.3 Å². The molecule has 0 aliphatic carbocycles. The molecule has 1 aromatic heterocycles. The van der Waals surface area contributed by atoms with Gasteiger partial charge in [-0.05, 0) is 47.4 Å². The van der Waals surface area contributed by atoms with Crippen LogP contribution >= 0.6 is 11.6 Å². The van der Waals surface area contributed by atoms with E-state index in [4.69, 9.17) is 16.3 Å². The summed E-state index contributed by atoms with van der Waals surface area (Å²) in [6.45, 7) is 2.27. The number of halogens is 4. The van der Waals surface area contributed by atoms with Gasteiger partial charge in [0.15, 0.2) is 5.69 Å². The van der Waals surface area contributed by atoms with E-state index in [-0.39, 0.29) is 29.5 Å². The Hall–Kier alpha value is -4.35. The number of alkyl halides is 3. The Balaban J connectivity index is 1.60. The van der Waals surface area contributed by atoms with Gasteiger partial charge in [0.05, 0.1) is 23.0 Å². The molecule has 220 valence electrons. The van der Waals surface area contributed by atoms with Crippen molar-refractivity contribution in [2.75, 3.05) is 11.9 Å². The summed E-state index contributed by atoms with van der Waals surface area (Å²) in [6.07, 6.45) is -4.88. The number of alkyl carbamates (subject to hydrolysis) is 1. The molecule has 0 aliphatic rings. The molecular formula is C30H28ClF3N4O4. The van der Waals surface area contributed by atoms with E-state index < -0.39 is 35.7 Å². The number of carbonyl (C=O) groups is 2. The third-order valence-electron chi connectivity index (χ3n) is 6.23. The van der Waals surface area contributed by atoms with Gasteiger partial charge in [-0.15, -0.1) is 0 Å². The number of aromatic nitrogens is 2. The van der Waals surface area contributed by atoms with Crippen LogP contribution in [0.2, 0.25) is 5.02 Å². The molecule has 8 nitrogen and oxygen atoms in total. The van der Waals surface area contributed by atoms with Crippen molar-refractivity contribution in [2.24, 2.45) is 0 Å². The van der Waals surface area contributed by atoms with Crippen LogP contribution in [0.15, 0.2) is 78.9 Å². The molecule has 0 fully saturated rings. The van der Waals surface area contributed by atoms with E-state index in [1.165, 1.54) is 24.3 Å². The van der Waals surface area contributed by atoms with Crippen molar-refractivity contribution in [3.63, 3.8) is 0 Å². The summed E-state index contributed by atoms with van der Waals surface area (Å²) in [5.41, 5.74) is 0.142. The SMILES string of the molecule is CCCCOC(=O)NCc1cccc(-n2nc(C(F)(F)F)cc2C(=O)Nc2cc(C(O)c3ccccc3)ccc2Cl)c1. The summed E-state index contributed by atoms with van der Waals surface area (Å²) in [4.78, 5) is 25.2. The van der Waals surface area contributed by atoms with Gasteiger partial charge in [0, 0.05) is 12.6 Å². The van der Waals surface area contributed by atoms with Crippen molar-refractivity contribution >= 4 is 29.3 Å². The van der Waals surface area contributed by atoms with Crippen molar-refractivity contribution in [1.82, 2.24) is 15.1 Å². The maximum Gasteiger partial charge on any atom is 0.435 e. The maximum absolute atomic E-state index is 13.7. The Morgan fingerprint density at radius 1 is 1.02 bits per heavy atom. The van der Waals surface area contributed by atoms with Gasteiger partial charge in [-0.3, -0.25) is 4.79 Å². The van der Waals surface area contributed by atoms with Crippen molar-refractivity contribution in [1.29, 1.82) is 0 Å². The Bertz CT molecular complexity index is 1540. The van der Waals surface area contributed by atoms with Crippen LogP contribution in [0, 0.1) is 0 Å². The molecule has 1 atom stereocenters. The smallest absolute Gasteiger partial charge is 0.435 e. The van der Waals surface area contributed by atoms with Crippen LogP contribution in [0.5, 0.6) is 0 Å². The quantitative estimate of drug-likeness (QED) is 0.172. The van der Waals surface area contributed by atoms with Gasteiger partial charge in [0.1, 0.15) is 11.8 Å². The number of nitrogens with zero attached hydrogens (tertiary/aromatic N) is 2. The standard InChI is InChI=1S/C30H28ClF3N4O4/c1-2-3-14-42-29(41)35-18-19-8-7-11-22(15-19)38-25(17-26(37-38)30(32,33)34)28(40)36-24-16-21(12-13-23(24)31)27(39)20-9-5-4-6-10-20/h4-13,15-17,27,39H,2-3,14,18H2,1H3,(H,35,41)(H,36,40). The number of unbranched alkanes of at least 4 members (excludes halogenated alkanes) is 1. The molecule has 1 heterocycles. The number of hydrogen-bond donors (Lipinski definition) is 3. The highest BCUT2D eigenvalue weighted by atomic mass is 35.5. The molecule has 0 aliphatic heterocycles. The molecule has 0 radical (unpaired) electrons. The van der Waals surface area contributed by atoms with E-state index in [1.54, 1.807) is 48.5 Å². The predicted molar refractivity (Wildman–Crippen MR) is 152 cm³/mol. The van der Waals surface area contributed by atoms with Crippen molar-refractivity contribution in [3.05, 3.63) is 112 Å². The average molecular weight is 601 g/mol. The Kier molecular flexibility index (Phi) is 9.87. The fraction of sp³-hybridized carbons (Fsp3) is 0.233.